The monoisotopic (exact) mass is 363 g/mol. The first-order chi connectivity index (χ1) is 9.88. The second kappa shape index (κ2) is 5.11. The zero-order chi connectivity index (χ0) is 15.3. The summed E-state index contributed by atoms with van der Waals surface area (Å²) in [4.78, 5) is 8.82. The van der Waals surface area contributed by atoms with E-state index in [1.807, 2.05) is 13.8 Å². The van der Waals surface area contributed by atoms with Gasteiger partial charge in [0.15, 0.2) is 0 Å². The van der Waals surface area contributed by atoms with Gasteiger partial charge in [0.2, 0.25) is 0 Å². The van der Waals surface area contributed by atoms with Crippen LogP contribution >= 0.6 is 27.5 Å². The molecule has 0 aliphatic heterocycles. The Morgan fingerprint density at radius 1 is 1.00 bits per heavy atom. The molecule has 0 aliphatic rings. The third-order valence-electron chi connectivity index (χ3n) is 3.60. The molecule has 21 heavy (non-hydrogen) atoms. The fraction of sp³-hybridized carbons (Fsp3) is 0.250. The predicted molar refractivity (Wildman–Crippen MR) is 90.5 cm³/mol. The van der Waals surface area contributed by atoms with Crippen molar-refractivity contribution in [3.05, 3.63) is 50.5 Å². The Hall–Kier alpha value is -1.39. The smallest absolute Gasteiger partial charge is 0.150 e. The van der Waals surface area contributed by atoms with Crippen LogP contribution in [0.25, 0.3) is 16.7 Å². The normalized spacial score (nSPS) is 11.3. The van der Waals surface area contributed by atoms with E-state index in [1.54, 1.807) is 0 Å². The van der Waals surface area contributed by atoms with E-state index in [0.29, 0.717) is 11.0 Å². The molecule has 0 N–H and O–H groups in total. The Labute approximate surface area is 137 Å². The van der Waals surface area contributed by atoms with E-state index in [-0.39, 0.29) is 0 Å². The van der Waals surface area contributed by atoms with E-state index in [4.69, 9.17) is 11.6 Å². The highest BCUT2D eigenvalue weighted by atomic mass is 79.9. The maximum atomic E-state index is 6.28. The van der Waals surface area contributed by atoms with E-state index >= 15 is 0 Å². The second-order valence-electron chi connectivity index (χ2n) is 5.34. The lowest BCUT2D eigenvalue weighted by molar-refractivity contribution is 1.02. The van der Waals surface area contributed by atoms with Gasteiger partial charge in [-0.2, -0.15) is 0 Å². The van der Waals surface area contributed by atoms with Gasteiger partial charge < -0.3 is 4.57 Å². The Morgan fingerprint density at radius 2 is 1.62 bits per heavy atom. The fourth-order valence-electron chi connectivity index (χ4n) is 2.62. The van der Waals surface area contributed by atoms with Crippen molar-refractivity contribution in [3.63, 3.8) is 0 Å². The van der Waals surface area contributed by atoms with Crippen LogP contribution in [0, 0.1) is 27.7 Å². The minimum atomic E-state index is 0.513. The maximum absolute atomic E-state index is 6.28. The van der Waals surface area contributed by atoms with E-state index < -0.39 is 0 Å². The first kappa shape index (κ1) is 14.5. The van der Waals surface area contributed by atoms with Crippen molar-refractivity contribution in [2.24, 2.45) is 0 Å². The van der Waals surface area contributed by atoms with Crippen molar-refractivity contribution < 1.29 is 0 Å². The van der Waals surface area contributed by atoms with Gasteiger partial charge >= 0.3 is 0 Å². The molecule has 0 saturated carbocycles. The lowest BCUT2D eigenvalue weighted by Gasteiger charge is -2.10. The van der Waals surface area contributed by atoms with E-state index in [0.717, 1.165) is 26.8 Å². The van der Waals surface area contributed by atoms with Gasteiger partial charge in [-0.05, 0) is 56.5 Å². The molecule has 1 aromatic carbocycles. The van der Waals surface area contributed by atoms with Gasteiger partial charge in [0, 0.05) is 16.4 Å². The molecule has 0 atom stereocenters. The highest BCUT2D eigenvalue weighted by Gasteiger charge is 2.14. The van der Waals surface area contributed by atoms with Crippen LogP contribution < -0.4 is 0 Å². The van der Waals surface area contributed by atoms with Gasteiger partial charge in [0.1, 0.15) is 16.6 Å². The summed E-state index contributed by atoms with van der Waals surface area (Å²) < 4.78 is 3.22. The van der Waals surface area contributed by atoms with Crippen LogP contribution in [0.1, 0.15) is 22.5 Å². The number of halogens is 2. The van der Waals surface area contributed by atoms with E-state index in [1.165, 1.54) is 11.1 Å². The summed E-state index contributed by atoms with van der Waals surface area (Å²) in [6.45, 7) is 8.07. The number of benzene rings is 1. The van der Waals surface area contributed by atoms with Crippen LogP contribution in [0.15, 0.2) is 22.8 Å². The number of aromatic nitrogens is 3. The summed E-state index contributed by atoms with van der Waals surface area (Å²) in [6.07, 6.45) is 2.06. The van der Waals surface area contributed by atoms with Gasteiger partial charge in [-0.25, -0.2) is 9.97 Å². The van der Waals surface area contributed by atoms with E-state index in [2.05, 4.69) is 62.6 Å². The first-order valence-electron chi connectivity index (χ1n) is 6.67. The third kappa shape index (κ3) is 2.36. The van der Waals surface area contributed by atoms with Crippen LogP contribution in [-0.2, 0) is 0 Å². The summed E-state index contributed by atoms with van der Waals surface area (Å²) >= 11 is 9.89. The van der Waals surface area contributed by atoms with Gasteiger partial charge in [0.25, 0.3) is 0 Å². The molecule has 0 unspecified atom stereocenters. The quantitative estimate of drug-likeness (QED) is 0.564. The van der Waals surface area contributed by atoms with Gasteiger partial charge in [0.05, 0.1) is 5.39 Å². The average Bonchev–Trinajstić information content (AvgIpc) is 2.72. The molecule has 0 bridgehead atoms. The van der Waals surface area contributed by atoms with Crippen LogP contribution in [-0.4, -0.2) is 14.5 Å². The topological polar surface area (TPSA) is 30.7 Å². The van der Waals surface area contributed by atoms with Crippen molar-refractivity contribution in [2.45, 2.75) is 27.7 Å². The molecule has 2 heterocycles. The number of hydrogen-bond acceptors (Lipinski definition) is 2. The summed E-state index contributed by atoms with van der Waals surface area (Å²) in [5.74, 6) is 0.678. The van der Waals surface area contributed by atoms with Crippen LogP contribution in [0.2, 0.25) is 5.15 Å². The minimum Gasteiger partial charge on any atom is -0.301 e. The Morgan fingerprint density at radius 3 is 2.24 bits per heavy atom. The first-order valence-corrected chi connectivity index (χ1v) is 7.84. The molecule has 3 nitrogen and oxygen atoms in total. The molecule has 0 saturated heterocycles. The molecule has 0 fully saturated rings. The summed E-state index contributed by atoms with van der Waals surface area (Å²) in [5.41, 5.74) is 5.41. The fourth-order valence-corrected chi connectivity index (χ4v) is 3.20. The zero-order valence-electron chi connectivity index (χ0n) is 12.3. The number of rotatable bonds is 1. The molecule has 0 radical (unpaired) electrons. The van der Waals surface area contributed by atoms with Crippen molar-refractivity contribution in [2.75, 3.05) is 0 Å². The molecule has 2 aromatic heterocycles. The molecule has 0 amide bonds. The molecule has 3 rings (SSSR count). The van der Waals surface area contributed by atoms with Gasteiger partial charge in [-0.15, -0.1) is 0 Å². The molecule has 0 aliphatic carbocycles. The van der Waals surface area contributed by atoms with Crippen LogP contribution in [0.3, 0.4) is 0 Å². The van der Waals surface area contributed by atoms with Gasteiger partial charge in [-0.3, -0.25) is 0 Å². The third-order valence-corrected chi connectivity index (χ3v) is 5.13. The lowest BCUT2D eigenvalue weighted by Crippen LogP contribution is -1.98. The Kier molecular flexibility index (Phi) is 3.54. The molecule has 3 aromatic rings. The summed E-state index contributed by atoms with van der Waals surface area (Å²) in [7, 11) is 0. The van der Waals surface area contributed by atoms with Crippen molar-refractivity contribution in [3.8, 4) is 5.69 Å². The molecule has 5 heteroatoms. The number of nitrogens with zero attached hydrogens (tertiary/aromatic N) is 3. The minimum absolute atomic E-state index is 0.513. The molecule has 108 valence electrons. The standard InChI is InChI=1S/C16H15BrClN3/c1-8-5-12(6-9(2)14(8)17)21-7-10(3)13-15(18)19-11(4)20-16(13)21/h5-7H,1-4H3. The van der Waals surface area contributed by atoms with E-state index in [9.17, 15) is 0 Å². The zero-order valence-corrected chi connectivity index (χ0v) is 14.7. The summed E-state index contributed by atoms with van der Waals surface area (Å²) in [5, 5.41) is 1.43. The molecular weight excluding hydrogens is 350 g/mol. The van der Waals surface area contributed by atoms with Gasteiger partial charge in [-0.1, -0.05) is 27.5 Å². The van der Waals surface area contributed by atoms with Crippen molar-refractivity contribution in [1.29, 1.82) is 0 Å². The molecular formula is C16H15BrClN3. The van der Waals surface area contributed by atoms with Crippen molar-refractivity contribution in [1.82, 2.24) is 14.5 Å². The number of aryl methyl sites for hydroxylation is 4. The highest BCUT2D eigenvalue weighted by molar-refractivity contribution is 9.10. The second-order valence-corrected chi connectivity index (χ2v) is 6.49. The predicted octanol–water partition coefficient (Wildman–Crippen LogP) is 5.07. The summed E-state index contributed by atoms with van der Waals surface area (Å²) in [6, 6.07) is 4.28. The highest BCUT2D eigenvalue weighted by Crippen LogP contribution is 2.30. The van der Waals surface area contributed by atoms with Crippen molar-refractivity contribution >= 4 is 38.6 Å². The SMILES string of the molecule is Cc1nc(Cl)c2c(C)cn(-c3cc(C)c(Br)c(C)c3)c2n1. The molecule has 0 spiro atoms. The largest absolute Gasteiger partial charge is 0.301 e. The number of hydrogen-bond donors (Lipinski definition) is 0. The average molecular weight is 365 g/mol. The van der Waals surface area contributed by atoms with Crippen LogP contribution in [0.5, 0.6) is 0 Å². The number of fused-ring (bicyclic) bond motifs is 1. The Balaban J connectivity index is 2.36. The maximum Gasteiger partial charge on any atom is 0.150 e. The Bertz CT molecular complexity index is 845. The lowest BCUT2D eigenvalue weighted by atomic mass is 10.1. The van der Waals surface area contributed by atoms with Crippen LogP contribution in [0.4, 0.5) is 0 Å².